The highest BCUT2D eigenvalue weighted by molar-refractivity contribution is 6.32. The van der Waals surface area contributed by atoms with Gasteiger partial charge in [-0.2, -0.15) is 0 Å². The van der Waals surface area contributed by atoms with Crippen molar-refractivity contribution in [3.05, 3.63) is 70.2 Å². The number of carbonyl (C=O) groups is 1. The number of hydrogen-bond acceptors (Lipinski definition) is 7. The molecule has 0 unspecified atom stereocenters. The Labute approximate surface area is 221 Å². The number of benzene rings is 3. The molecular weight excluding hydrogens is 526 g/mol. The monoisotopic (exact) mass is 546 g/mol. The van der Waals surface area contributed by atoms with Gasteiger partial charge in [-0.05, 0) is 48.5 Å². The van der Waals surface area contributed by atoms with Gasteiger partial charge in [0.1, 0.15) is 11.6 Å². The van der Waals surface area contributed by atoms with Crippen LogP contribution in [0.1, 0.15) is 10.6 Å². The fraction of sp³-hybridized carbons (Fsp3) is 0.160. The fourth-order valence-corrected chi connectivity index (χ4v) is 3.97. The first-order chi connectivity index (χ1) is 17.8. The molecule has 0 saturated carbocycles. The lowest BCUT2D eigenvalue weighted by molar-refractivity contribution is 0.101. The Hall–Kier alpha value is -4.02. The van der Waals surface area contributed by atoms with Crippen LogP contribution >= 0.6 is 23.2 Å². The summed E-state index contributed by atoms with van der Waals surface area (Å²) >= 11 is 12.2. The summed E-state index contributed by atoms with van der Waals surface area (Å²) in [4.78, 5) is 17.5. The summed E-state index contributed by atoms with van der Waals surface area (Å²) in [6, 6.07) is 12.2. The molecule has 4 aromatic rings. The van der Waals surface area contributed by atoms with Crippen LogP contribution in [0.5, 0.6) is 23.0 Å². The summed E-state index contributed by atoms with van der Waals surface area (Å²) in [6.45, 7) is 0. The van der Waals surface area contributed by atoms with E-state index in [9.17, 15) is 9.18 Å². The molecule has 3 aromatic carbocycles. The number of rotatable bonds is 8. The quantitative estimate of drug-likeness (QED) is 0.304. The molecule has 0 aliphatic carbocycles. The molecule has 4 rings (SSSR count). The lowest BCUT2D eigenvalue weighted by Gasteiger charge is -2.14. The average molecular weight is 547 g/mol. The van der Waals surface area contributed by atoms with E-state index in [2.05, 4.69) is 15.4 Å². The summed E-state index contributed by atoms with van der Waals surface area (Å²) < 4.78 is 36.6. The van der Waals surface area contributed by atoms with Crippen molar-refractivity contribution in [3.63, 3.8) is 0 Å². The zero-order valence-corrected chi connectivity index (χ0v) is 21.6. The van der Waals surface area contributed by atoms with Gasteiger partial charge in [0, 0.05) is 11.3 Å². The van der Waals surface area contributed by atoms with Crippen molar-refractivity contribution in [2.75, 3.05) is 33.8 Å². The van der Waals surface area contributed by atoms with E-state index < -0.39 is 11.7 Å². The molecule has 1 aromatic heterocycles. The number of carbonyl (C=O) groups excluding carboxylic acids is 1. The van der Waals surface area contributed by atoms with Gasteiger partial charge in [0.2, 0.25) is 11.6 Å². The van der Waals surface area contributed by atoms with E-state index in [1.807, 2.05) is 0 Å². The molecule has 0 aliphatic rings. The molecule has 0 spiro atoms. The molecule has 1 amide bonds. The van der Waals surface area contributed by atoms with Gasteiger partial charge in [0.15, 0.2) is 17.3 Å². The first kappa shape index (κ1) is 26.1. The molecule has 12 heteroatoms. The normalized spacial score (nSPS) is 10.7. The average Bonchev–Trinajstić information content (AvgIpc) is 3.35. The minimum Gasteiger partial charge on any atom is -0.495 e. The van der Waals surface area contributed by atoms with Crippen LogP contribution in [0.25, 0.3) is 17.1 Å². The summed E-state index contributed by atoms with van der Waals surface area (Å²) in [6.07, 6.45) is 0. The number of halogens is 3. The highest BCUT2D eigenvalue weighted by Crippen LogP contribution is 2.41. The van der Waals surface area contributed by atoms with Crippen LogP contribution in [0.15, 0.2) is 48.5 Å². The highest BCUT2D eigenvalue weighted by Gasteiger charge is 2.23. The molecule has 0 atom stereocenters. The number of nitrogens with zero attached hydrogens (tertiary/aromatic N) is 3. The van der Waals surface area contributed by atoms with E-state index in [0.29, 0.717) is 39.3 Å². The SMILES string of the molecule is COc1ccc(-n2nc(C(=O)Nc3ccc(F)c(Cl)c3)nc2-c2cc(OC)c(OC)c(OC)c2)cc1Cl. The predicted octanol–water partition coefficient (Wildman–Crippen LogP) is 5.67. The largest absolute Gasteiger partial charge is 0.495 e. The van der Waals surface area contributed by atoms with Crippen LogP contribution in [0.4, 0.5) is 10.1 Å². The Morgan fingerprint density at radius 2 is 1.54 bits per heavy atom. The number of aromatic nitrogens is 3. The van der Waals surface area contributed by atoms with E-state index >= 15 is 0 Å². The van der Waals surface area contributed by atoms with Crippen LogP contribution in [-0.2, 0) is 0 Å². The van der Waals surface area contributed by atoms with Crippen molar-refractivity contribution >= 4 is 34.8 Å². The molecule has 1 N–H and O–H groups in total. The minimum atomic E-state index is -0.644. The van der Waals surface area contributed by atoms with Gasteiger partial charge in [0.25, 0.3) is 5.91 Å². The zero-order chi connectivity index (χ0) is 26.7. The number of methoxy groups -OCH3 is 4. The van der Waals surface area contributed by atoms with E-state index in [4.69, 9.17) is 42.1 Å². The molecule has 0 radical (unpaired) electrons. The van der Waals surface area contributed by atoms with E-state index in [-0.39, 0.29) is 22.4 Å². The Morgan fingerprint density at radius 1 is 0.865 bits per heavy atom. The Bertz CT molecular complexity index is 1450. The number of amides is 1. The van der Waals surface area contributed by atoms with Crippen LogP contribution in [0.3, 0.4) is 0 Å². The van der Waals surface area contributed by atoms with E-state index in [0.717, 1.165) is 6.07 Å². The maximum absolute atomic E-state index is 13.5. The lowest BCUT2D eigenvalue weighted by Crippen LogP contribution is -2.14. The number of ether oxygens (including phenoxy) is 4. The third-order valence-electron chi connectivity index (χ3n) is 5.29. The molecule has 0 aliphatic heterocycles. The summed E-state index contributed by atoms with van der Waals surface area (Å²) in [5.41, 5.74) is 1.29. The fourth-order valence-electron chi connectivity index (χ4n) is 3.53. The van der Waals surface area contributed by atoms with Crippen molar-refractivity contribution in [3.8, 4) is 40.1 Å². The molecule has 1 heterocycles. The maximum Gasteiger partial charge on any atom is 0.295 e. The molecule has 192 valence electrons. The van der Waals surface area contributed by atoms with Gasteiger partial charge in [-0.25, -0.2) is 14.1 Å². The van der Waals surface area contributed by atoms with E-state index in [1.165, 1.54) is 45.3 Å². The number of hydrogen-bond donors (Lipinski definition) is 1. The lowest BCUT2D eigenvalue weighted by atomic mass is 10.1. The molecule has 0 bridgehead atoms. The van der Waals surface area contributed by atoms with Crippen LogP contribution in [0.2, 0.25) is 10.0 Å². The van der Waals surface area contributed by atoms with Crippen molar-refractivity contribution in [2.45, 2.75) is 0 Å². The second-order valence-corrected chi connectivity index (χ2v) is 8.30. The first-order valence-electron chi connectivity index (χ1n) is 10.7. The minimum absolute atomic E-state index is 0.137. The molecular formula is C25H21Cl2FN4O5. The summed E-state index contributed by atoms with van der Waals surface area (Å²) in [7, 11) is 5.97. The summed E-state index contributed by atoms with van der Waals surface area (Å²) in [5, 5.41) is 7.23. The topological polar surface area (TPSA) is 96.7 Å². The second kappa shape index (κ2) is 10.9. The third kappa shape index (κ3) is 5.25. The van der Waals surface area contributed by atoms with Gasteiger partial charge in [0.05, 0.1) is 44.2 Å². The standard InChI is InChI=1S/C25H21Cl2FN4O5/c1-34-19-8-6-15(12-17(19)27)32-24(13-9-20(35-2)22(37-4)21(10-13)36-3)30-23(31-32)25(33)29-14-5-7-18(28)16(26)11-14/h5-12H,1-4H3,(H,29,33). The Balaban J connectivity index is 1.85. The van der Waals surface area contributed by atoms with Gasteiger partial charge in [-0.3, -0.25) is 4.79 Å². The second-order valence-electron chi connectivity index (χ2n) is 7.49. The van der Waals surface area contributed by atoms with Gasteiger partial charge in [-0.1, -0.05) is 23.2 Å². The molecule has 37 heavy (non-hydrogen) atoms. The summed E-state index contributed by atoms with van der Waals surface area (Å²) in [5.74, 6) is 0.471. The van der Waals surface area contributed by atoms with Crippen molar-refractivity contribution in [1.29, 1.82) is 0 Å². The van der Waals surface area contributed by atoms with Crippen LogP contribution in [-0.4, -0.2) is 49.1 Å². The Morgan fingerprint density at radius 3 is 2.11 bits per heavy atom. The van der Waals surface area contributed by atoms with Crippen molar-refractivity contribution < 1.29 is 28.1 Å². The third-order valence-corrected chi connectivity index (χ3v) is 5.88. The smallest absolute Gasteiger partial charge is 0.295 e. The predicted molar refractivity (Wildman–Crippen MR) is 137 cm³/mol. The van der Waals surface area contributed by atoms with Gasteiger partial charge < -0.3 is 24.3 Å². The van der Waals surface area contributed by atoms with Gasteiger partial charge >= 0.3 is 0 Å². The molecule has 9 nitrogen and oxygen atoms in total. The molecule has 0 saturated heterocycles. The number of anilines is 1. The van der Waals surface area contributed by atoms with Crippen molar-refractivity contribution in [2.24, 2.45) is 0 Å². The zero-order valence-electron chi connectivity index (χ0n) is 20.1. The highest BCUT2D eigenvalue weighted by atomic mass is 35.5. The van der Waals surface area contributed by atoms with Gasteiger partial charge in [-0.15, -0.1) is 5.10 Å². The first-order valence-corrected chi connectivity index (χ1v) is 11.4. The maximum atomic E-state index is 13.5. The van der Waals surface area contributed by atoms with Crippen LogP contribution in [0, 0.1) is 5.82 Å². The van der Waals surface area contributed by atoms with Crippen LogP contribution < -0.4 is 24.3 Å². The Kier molecular flexibility index (Phi) is 7.70. The van der Waals surface area contributed by atoms with E-state index in [1.54, 1.807) is 30.3 Å². The molecule has 0 fully saturated rings. The van der Waals surface area contributed by atoms with Crippen molar-refractivity contribution in [1.82, 2.24) is 14.8 Å². The number of nitrogens with one attached hydrogen (secondary N) is 1.